The van der Waals surface area contributed by atoms with Crippen LogP contribution in [0, 0.1) is 34.0 Å². The smallest absolute Gasteiger partial charge is 0.312 e. The summed E-state index contributed by atoms with van der Waals surface area (Å²) >= 11 is 0. The van der Waals surface area contributed by atoms with Gasteiger partial charge in [-0.2, -0.15) is 0 Å². The van der Waals surface area contributed by atoms with Crippen LogP contribution in [0.15, 0.2) is 23.8 Å². The van der Waals surface area contributed by atoms with Crippen LogP contribution in [0.25, 0.3) is 0 Å². The molecule has 0 aromatic rings. The number of halogens is 2. The van der Waals surface area contributed by atoms with Crippen LogP contribution >= 0.6 is 0 Å². The molecule has 0 bridgehead atoms. The number of carbonyl (C=O) groups excluding carboxylic acids is 2. The maximum absolute atomic E-state index is 17.0. The lowest BCUT2D eigenvalue weighted by atomic mass is 9.43. The van der Waals surface area contributed by atoms with Crippen LogP contribution in [-0.2, 0) is 14.3 Å². The van der Waals surface area contributed by atoms with Crippen LogP contribution in [-0.4, -0.2) is 41.4 Å². The number of aliphatic hydroxyl groups excluding tert-OH is 1. The van der Waals surface area contributed by atoms with Gasteiger partial charge in [-0.3, -0.25) is 9.59 Å². The van der Waals surface area contributed by atoms with E-state index in [2.05, 4.69) is 0 Å². The van der Waals surface area contributed by atoms with E-state index in [1.54, 1.807) is 13.8 Å². The number of rotatable bonds is 2. The van der Waals surface area contributed by atoms with Gasteiger partial charge >= 0.3 is 5.97 Å². The lowest BCUT2D eigenvalue weighted by Crippen LogP contribution is -2.69. The molecule has 3 saturated carbocycles. The molecule has 0 spiro atoms. The summed E-state index contributed by atoms with van der Waals surface area (Å²) < 4.78 is 37.8. The second-order valence-corrected chi connectivity index (χ2v) is 10.4. The van der Waals surface area contributed by atoms with Crippen LogP contribution in [0.3, 0.4) is 0 Å². The number of hydrogen-bond donors (Lipinski definition) is 1. The second kappa shape index (κ2) is 6.47. The molecular weight excluding hydrogens is 390 g/mol. The quantitative estimate of drug-likeness (QED) is 0.680. The van der Waals surface area contributed by atoms with E-state index in [-0.39, 0.29) is 48.6 Å². The van der Waals surface area contributed by atoms with Crippen LogP contribution in [0.1, 0.15) is 53.9 Å². The second-order valence-electron chi connectivity index (χ2n) is 10.4. The van der Waals surface area contributed by atoms with E-state index in [0.717, 1.165) is 0 Å². The summed E-state index contributed by atoms with van der Waals surface area (Å²) in [6, 6.07) is 0. The number of alkyl halides is 2. The van der Waals surface area contributed by atoms with E-state index in [4.69, 9.17) is 4.74 Å². The Morgan fingerprint density at radius 1 is 1.27 bits per heavy atom. The summed E-state index contributed by atoms with van der Waals surface area (Å²) in [5.74, 6) is -1.82. The van der Waals surface area contributed by atoms with Crippen molar-refractivity contribution in [1.82, 2.24) is 0 Å². The molecule has 3 fully saturated rings. The molecule has 2 unspecified atom stereocenters. The Hall–Kier alpha value is -1.56. The van der Waals surface area contributed by atoms with Gasteiger partial charge in [0.25, 0.3) is 0 Å². The number of fused-ring (bicyclic) bond motifs is 5. The number of aliphatic hydroxyl groups is 1. The van der Waals surface area contributed by atoms with Gasteiger partial charge in [-0.05, 0) is 75.0 Å². The topological polar surface area (TPSA) is 63.6 Å². The van der Waals surface area contributed by atoms with Crippen molar-refractivity contribution in [2.24, 2.45) is 34.0 Å². The molecule has 0 aromatic carbocycles. The first-order valence-electron chi connectivity index (χ1n) is 11.0. The Morgan fingerprint density at radius 2 is 1.93 bits per heavy atom. The molecule has 1 N–H and O–H groups in total. The summed E-state index contributed by atoms with van der Waals surface area (Å²) in [6.07, 6.45) is 1.63. The highest BCUT2D eigenvalue weighted by atomic mass is 19.1. The lowest BCUT2D eigenvalue weighted by Gasteiger charge is -2.63. The van der Waals surface area contributed by atoms with Crippen molar-refractivity contribution in [1.29, 1.82) is 0 Å². The lowest BCUT2D eigenvalue weighted by molar-refractivity contribution is -0.215. The number of ketones is 1. The maximum atomic E-state index is 17.0. The molecule has 4 aliphatic carbocycles. The normalized spacial score (nSPS) is 52.2. The molecule has 0 amide bonds. The van der Waals surface area contributed by atoms with Crippen molar-refractivity contribution in [3.63, 3.8) is 0 Å². The van der Waals surface area contributed by atoms with Gasteiger partial charge in [-0.25, -0.2) is 8.78 Å². The van der Waals surface area contributed by atoms with Crippen LogP contribution < -0.4 is 0 Å². The average Bonchev–Trinajstić information content (AvgIpc) is 2.88. The van der Waals surface area contributed by atoms with Gasteiger partial charge in [-0.15, -0.1) is 0 Å². The summed E-state index contributed by atoms with van der Waals surface area (Å²) in [5.41, 5.74) is -4.99. The van der Waals surface area contributed by atoms with E-state index >= 15 is 8.78 Å². The third-order valence-corrected chi connectivity index (χ3v) is 9.50. The maximum Gasteiger partial charge on any atom is 0.312 e. The minimum atomic E-state index is -2.11. The molecule has 9 atom stereocenters. The molecule has 30 heavy (non-hydrogen) atoms. The molecule has 166 valence electrons. The fourth-order valence-corrected chi connectivity index (χ4v) is 7.48. The first-order valence-corrected chi connectivity index (χ1v) is 11.0. The van der Waals surface area contributed by atoms with Crippen LogP contribution in [0.4, 0.5) is 8.78 Å². The zero-order valence-corrected chi connectivity index (χ0v) is 18.4. The summed E-state index contributed by atoms with van der Waals surface area (Å²) in [6.45, 7) is 9.35. The van der Waals surface area contributed by atoms with Crippen LogP contribution in [0.5, 0.6) is 0 Å². The van der Waals surface area contributed by atoms with Crippen LogP contribution in [0.2, 0.25) is 0 Å². The van der Waals surface area contributed by atoms with E-state index in [0.29, 0.717) is 6.42 Å². The van der Waals surface area contributed by atoms with Gasteiger partial charge < -0.3 is 9.84 Å². The molecule has 4 nitrogen and oxygen atoms in total. The third kappa shape index (κ3) is 2.29. The van der Waals surface area contributed by atoms with Crippen molar-refractivity contribution in [2.75, 3.05) is 6.61 Å². The predicted molar refractivity (Wildman–Crippen MR) is 108 cm³/mol. The molecule has 0 heterocycles. The van der Waals surface area contributed by atoms with Crippen molar-refractivity contribution in [3.05, 3.63) is 23.8 Å². The average molecular weight is 423 g/mol. The predicted octanol–water partition coefficient (Wildman–Crippen LogP) is 4.12. The zero-order chi connectivity index (χ0) is 22.3. The zero-order valence-electron chi connectivity index (χ0n) is 18.4. The van der Waals surface area contributed by atoms with E-state index in [1.807, 2.05) is 20.8 Å². The SMILES string of the molecule is CCOC(=O)[C@@]1(C)[C@H](C)CC2C3C[C@H](F)C4=CC(=O)C=C[C@]4(C)[C@@]3(F)[C@@H](O)C[C@@]21C. The van der Waals surface area contributed by atoms with Gasteiger partial charge in [0, 0.05) is 11.3 Å². The summed E-state index contributed by atoms with van der Waals surface area (Å²) in [4.78, 5) is 24.9. The third-order valence-electron chi connectivity index (χ3n) is 9.50. The fraction of sp³-hybridized carbons (Fsp3) is 0.750. The highest BCUT2D eigenvalue weighted by molar-refractivity contribution is 6.01. The molecule has 4 rings (SSSR count). The summed E-state index contributed by atoms with van der Waals surface area (Å²) in [7, 11) is 0. The van der Waals surface area contributed by atoms with Crippen molar-refractivity contribution in [3.8, 4) is 0 Å². The Bertz CT molecular complexity index is 852. The number of hydrogen-bond acceptors (Lipinski definition) is 4. The number of carbonyl (C=O) groups is 2. The van der Waals surface area contributed by atoms with E-state index in [9.17, 15) is 14.7 Å². The minimum absolute atomic E-state index is 0.0892. The molecule has 4 aliphatic rings. The number of ether oxygens (including phenoxy) is 1. The first-order chi connectivity index (χ1) is 13.9. The Kier molecular flexibility index (Phi) is 4.67. The minimum Gasteiger partial charge on any atom is -0.466 e. The van der Waals surface area contributed by atoms with Gasteiger partial charge in [0.15, 0.2) is 11.5 Å². The highest BCUT2D eigenvalue weighted by Crippen LogP contribution is 2.73. The van der Waals surface area contributed by atoms with Crippen molar-refractivity contribution >= 4 is 11.8 Å². The fourth-order valence-electron chi connectivity index (χ4n) is 7.48. The molecule has 0 saturated heterocycles. The molecular formula is C24H32F2O4. The molecule has 6 heteroatoms. The monoisotopic (exact) mass is 422 g/mol. The van der Waals surface area contributed by atoms with E-state index in [1.165, 1.54) is 18.2 Å². The van der Waals surface area contributed by atoms with Gasteiger partial charge in [0.1, 0.15) is 6.17 Å². The van der Waals surface area contributed by atoms with Crippen molar-refractivity contribution in [2.45, 2.75) is 71.8 Å². The standard InChI is InChI=1S/C24H32F2O4/c1-6-30-20(29)23(5)13(2)9-15-16-11-18(25)17-10-14(27)7-8-21(17,3)24(16,26)19(28)12-22(15,23)4/h7-8,10,13,15-16,18-19,28H,6,9,11-12H2,1-5H3/t13-,15?,16?,18+,19+,21+,22+,23-,24+/m1/s1. The first kappa shape index (κ1) is 21.7. The van der Waals surface area contributed by atoms with E-state index < -0.39 is 40.1 Å². The highest BCUT2D eigenvalue weighted by Gasteiger charge is 2.76. The van der Waals surface area contributed by atoms with Gasteiger partial charge in [-0.1, -0.05) is 19.9 Å². The number of allylic oxidation sites excluding steroid dienone is 4. The van der Waals surface area contributed by atoms with Crippen molar-refractivity contribution < 1.29 is 28.2 Å². The van der Waals surface area contributed by atoms with Gasteiger partial charge in [0.05, 0.1) is 18.1 Å². The molecule has 0 aliphatic heterocycles. The Balaban J connectivity index is 1.84. The Morgan fingerprint density at radius 3 is 2.57 bits per heavy atom. The largest absolute Gasteiger partial charge is 0.466 e. The molecule has 0 aromatic heterocycles. The molecule has 0 radical (unpaired) electrons. The van der Waals surface area contributed by atoms with Gasteiger partial charge in [0.2, 0.25) is 0 Å². The summed E-state index contributed by atoms with van der Waals surface area (Å²) in [5, 5.41) is 11.3. The number of esters is 1. The Labute approximate surface area is 176 Å².